The van der Waals surface area contributed by atoms with Gasteiger partial charge < -0.3 is 0 Å². The van der Waals surface area contributed by atoms with Crippen molar-refractivity contribution in [1.29, 1.82) is 0 Å². The normalized spacial score (nSPS) is 10.6. The van der Waals surface area contributed by atoms with Crippen LogP contribution < -0.4 is 0 Å². The molecule has 0 saturated heterocycles. The van der Waals surface area contributed by atoms with Gasteiger partial charge in [-0.15, -0.1) is 0 Å². The smallest absolute Gasteiger partial charge is 0.227 e. The molecule has 0 spiro atoms. The average molecular weight is 194 g/mol. The number of fused-ring (bicyclic) bond motifs is 1. The Balaban J connectivity index is 2.79. The molecule has 13 heavy (non-hydrogen) atoms. The summed E-state index contributed by atoms with van der Waals surface area (Å²) in [4.78, 5) is 11.2. The molecular formula is C10H8ClNO. The van der Waals surface area contributed by atoms with Crippen molar-refractivity contribution in [2.75, 3.05) is 0 Å². The van der Waals surface area contributed by atoms with Crippen molar-refractivity contribution >= 4 is 28.4 Å². The van der Waals surface area contributed by atoms with E-state index in [1.807, 2.05) is 18.2 Å². The lowest BCUT2D eigenvalue weighted by Gasteiger charge is -1.98. The van der Waals surface area contributed by atoms with Crippen LogP contribution in [0.4, 0.5) is 0 Å². The van der Waals surface area contributed by atoms with E-state index < -0.39 is 0 Å². The Kier molecular flexibility index (Phi) is 1.85. The molecule has 1 aromatic heterocycles. The van der Waals surface area contributed by atoms with Crippen molar-refractivity contribution in [1.82, 2.24) is 4.57 Å². The Hall–Kier alpha value is -1.28. The predicted octanol–water partition coefficient (Wildman–Crippen LogP) is 2.95. The summed E-state index contributed by atoms with van der Waals surface area (Å²) in [5.41, 5.74) is 0.861. The minimum absolute atomic E-state index is 0.00253. The van der Waals surface area contributed by atoms with Gasteiger partial charge in [-0.1, -0.05) is 17.7 Å². The molecular weight excluding hydrogens is 186 g/mol. The molecule has 0 aliphatic rings. The second kappa shape index (κ2) is 2.89. The minimum Gasteiger partial charge on any atom is -0.287 e. The fourth-order valence-electron chi connectivity index (χ4n) is 1.38. The van der Waals surface area contributed by atoms with Crippen LogP contribution in [0.15, 0.2) is 30.5 Å². The third-order valence-corrected chi connectivity index (χ3v) is 2.23. The van der Waals surface area contributed by atoms with E-state index in [4.69, 9.17) is 11.6 Å². The Morgan fingerprint density at radius 2 is 2.15 bits per heavy atom. The summed E-state index contributed by atoms with van der Waals surface area (Å²) in [7, 11) is 0. The minimum atomic E-state index is -0.00253. The van der Waals surface area contributed by atoms with E-state index in [9.17, 15) is 4.79 Å². The number of hydrogen-bond acceptors (Lipinski definition) is 1. The predicted molar refractivity (Wildman–Crippen MR) is 53.2 cm³/mol. The Morgan fingerprint density at radius 1 is 1.38 bits per heavy atom. The quantitative estimate of drug-likeness (QED) is 0.631. The van der Waals surface area contributed by atoms with Crippen molar-refractivity contribution in [2.45, 2.75) is 6.92 Å². The van der Waals surface area contributed by atoms with Gasteiger partial charge in [-0.2, -0.15) is 0 Å². The molecule has 2 rings (SSSR count). The number of benzene rings is 1. The molecule has 2 aromatic rings. The number of aromatic nitrogens is 1. The van der Waals surface area contributed by atoms with Crippen LogP contribution in [0.3, 0.4) is 0 Å². The fraction of sp³-hybridized carbons (Fsp3) is 0.100. The van der Waals surface area contributed by atoms with Gasteiger partial charge in [0.25, 0.3) is 0 Å². The zero-order chi connectivity index (χ0) is 9.42. The van der Waals surface area contributed by atoms with Crippen LogP contribution in [0.5, 0.6) is 0 Å². The lowest BCUT2D eigenvalue weighted by atomic mass is 10.2. The van der Waals surface area contributed by atoms with Gasteiger partial charge in [0.15, 0.2) is 0 Å². The number of hydrogen-bond donors (Lipinski definition) is 0. The molecule has 0 unspecified atom stereocenters. The summed E-state index contributed by atoms with van der Waals surface area (Å²) in [5, 5.41) is 1.67. The molecule has 0 fully saturated rings. The first kappa shape index (κ1) is 8.32. The molecule has 0 amide bonds. The number of carbonyl (C=O) groups excluding carboxylic acids is 1. The molecule has 1 aromatic carbocycles. The van der Waals surface area contributed by atoms with Gasteiger partial charge in [-0.05, 0) is 18.2 Å². The summed E-state index contributed by atoms with van der Waals surface area (Å²) < 4.78 is 1.58. The highest BCUT2D eigenvalue weighted by molar-refractivity contribution is 6.31. The monoisotopic (exact) mass is 193 g/mol. The molecule has 66 valence electrons. The van der Waals surface area contributed by atoms with E-state index >= 15 is 0 Å². The first-order chi connectivity index (χ1) is 6.18. The van der Waals surface area contributed by atoms with E-state index in [0.717, 1.165) is 10.9 Å². The second-order valence-corrected chi connectivity index (χ2v) is 3.34. The molecule has 0 radical (unpaired) electrons. The van der Waals surface area contributed by atoms with Gasteiger partial charge in [-0.25, -0.2) is 0 Å². The first-order valence-corrected chi connectivity index (χ1v) is 4.34. The molecule has 0 bridgehead atoms. The summed E-state index contributed by atoms with van der Waals surface area (Å²) in [5.74, 6) is -0.00253. The third kappa shape index (κ3) is 1.33. The SMILES string of the molecule is CC(=O)n1ccc2ccc(Cl)cc21. The van der Waals surface area contributed by atoms with Crippen molar-refractivity contribution in [3.63, 3.8) is 0 Å². The first-order valence-electron chi connectivity index (χ1n) is 3.96. The van der Waals surface area contributed by atoms with Crippen LogP contribution in [0.25, 0.3) is 10.9 Å². The largest absolute Gasteiger partial charge is 0.287 e. The van der Waals surface area contributed by atoms with Crippen LogP contribution in [0, 0.1) is 0 Å². The molecule has 1 heterocycles. The Labute approximate surface area is 80.7 Å². The summed E-state index contributed by atoms with van der Waals surface area (Å²) in [6, 6.07) is 7.40. The van der Waals surface area contributed by atoms with Crippen molar-refractivity contribution in [3.8, 4) is 0 Å². The highest BCUT2D eigenvalue weighted by atomic mass is 35.5. The lowest BCUT2D eigenvalue weighted by molar-refractivity contribution is 0.0941. The van der Waals surface area contributed by atoms with Gasteiger partial charge in [-0.3, -0.25) is 9.36 Å². The van der Waals surface area contributed by atoms with Crippen LogP contribution in [0.2, 0.25) is 5.02 Å². The van der Waals surface area contributed by atoms with Gasteiger partial charge in [0.1, 0.15) is 0 Å². The highest BCUT2D eigenvalue weighted by Gasteiger charge is 2.03. The van der Waals surface area contributed by atoms with E-state index in [-0.39, 0.29) is 5.91 Å². The number of rotatable bonds is 0. The molecule has 0 aliphatic carbocycles. The molecule has 0 atom stereocenters. The van der Waals surface area contributed by atoms with Crippen LogP contribution >= 0.6 is 11.6 Å². The van der Waals surface area contributed by atoms with E-state index in [2.05, 4.69) is 0 Å². The van der Waals surface area contributed by atoms with Crippen LogP contribution in [-0.2, 0) is 0 Å². The zero-order valence-corrected chi connectivity index (χ0v) is 7.88. The van der Waals surface area contributed by atoms with Crippen molar-refractivity contribution in [2.24, 2.45) is 0 Å². The van der Waals surface area contributed by atoms with Gasteiger partial charge in [0.2, 0.25) is 5.91 Å². The Bertz CT molecular complexity index is 473. The maximum atomic E-state index is 11.2. The van der Waals surface area contributed by atoms with Crippen molar-refractivity contribution in [3.05, 3.63) is 35.5 Å². The molecule has 0 aliphatic heterocycles. The standard InChI is InChI=1S/C10H8ClNO/c1-7(13)12-5-4-8-2-3-9(11)6-10(8)12/h2-6H,1H3. The van der Waals surface area contributed by atoms with E-state index in [1.54, 1.807) is 16.8 Å². The maximum absolute atomic E-state index is 11.2. The van der Waals surface area contributed by atoms with Crippen LogP contribution in [0.1, 0.15) is 11.7 Å². The topological polar surface area (TPSA) is 22.0 Å². The molecule has 3 heteroatoms. The van der Waals surface area contributed by atoms with Gasteiger partial charge >= 0.3 is 0 Å². The molecule has 0 N–H and O–H groups in total. The maximum Gasteiger partial charge on any atom is 0.227 e. The highest BCUT2D eigenvalue weighted by Crippen LogP contribution is 2.20. The van der Waals surface area contributed by atoms with Crippen molar-refractivity contribution < 1.29 is 4.79 Å². The number of halogens is 1. The van der Waals surface area contributed by atoms with E-state index in [1.165, 1.54) is 6.92 Å². The lowest BCUT2D eigenvalue weighted by Crippen LogP contribution is -2.02. The van der Waals surface area contributed by atoms with Gasteiger partial charge in [0.05, 0.1) is 5.52 Å². The summed E-state index contributed by atoms with van der Waals surface area (Å²) >= 11 is 5.83. The third-order valence-electron chi connectivity index (χ3n) is 1.99. The molecule has 0 saturated carbocycles. The summed E-state index contributed by atoms with van der Waals surface area (Å²) in [6.07, 6.45) is 1.75. The fourth-order valence-corrected chi connectivity index (χ4v) is 1.54. The zero-order valence-electron chi connectivity index (χ0n) is 7.12. The van der Waals surface area contributed by atoms with E-state index in [0.29, 0.717) is 5.02 Å². The number of carbonyl (C=O) groups is 1. The van der Waals surface area contributed by atoms with Gasteiger partial charge in [0, 0.05) is 23.5 Å². The summed E-state index contributed by atoms with van der Waals surface area (Å²) in [6.45, 7) is 1.53. The molecule has 2 nitrogen and oxygen atoms in total. The number of nitrogens with zero attached hydrogens (tertiary/aromatic N) is 1. The second-order valence-electron chi connectivity index (χ2n) is 2.91. The Morgan fingerprint density at radius 3 is 2.85 bits per heavy atom. The van der Waals surface area contributed by atoms with Crippen LogP contribution in [-0.4, -0.2) is 10.5 Å². The average Bonchev–Trinajstić information content (AvgIpc) is 2.46.